The minimum atomic E-state index is -4.95. The second-order valence-corrected chi connectivity index (χ2v) is 9.40. The molecule has 1 amide bonds. The number of likely N-dealkylation sites (tertiary alicyclic amines) is 1. The van der Waals surface area contributed by atoms with E-state index in [1.807, 2.05) is 0 Å². The molecule has 1 saturated heterocycles. The van der Waals surface area contributed by atoms with Crippen molar-refractivity contribution in [2.75, 3.05) is 18.4 Å². The SMILES string of the molecule is CC(C(=O)Nc1ccc(Oc2ccc(F)cc2)cn1)N1CCC(F)(F)[C@@H](c2c[nH]c(=O)c([C@H](N)C(F)(F)F)c2)C1. The molecule has 1 aliphatic heterocycles. The Kier molecular flexibility index (Phi) is 8.21. The molecule has 0 spiro atoms. The number of rotatable bonds is 7. The van der Waals surface area contributed by atoms with Gasteiger partial charge in [-0.1, -0.05) is 0 Å². The summed E-state index contributed by atoms with van der Waals surface area (Å²) in [4.78, 5) is 32.5. The average molecular weight is 570 g/mol. The van der Waals surface area contributed by atoms with Crippen molar-refractivity contribution in [2.24, 2.45) is 5.73 Å². The van der Waals surface area contributed by atoms with E-state index in [4.69, 9.17) is 10.5 Å². The highest BCUT2D eigenvalue weighted by Gasteiger charge is 2.47. The van der Waals surface area contributed by atoms with Gasteiger partial charge in [0, 0.05) is 31.3 Å². The van der Waals surface area contributed by atoms with Crippen LogP contribution in [0.3, 0.4) is 0 Å². The van der Waals surface area contributed by atoms with E-state index in [1.54, 1.807) is 0 Å². The Balaban J connectivity index is 1.44. The van der Waals surface area contributed by atoms with Gasteiger partial charge in [-0.05, 0) is 55.0 Å². The summed E-state index contributed by atoms with van der Waals surface area (Å²) < 4.78 is 87.7. The second kappa shape index (κ2) is 11.3. The number of aromatic amines is 1. The maximum Gasteiger partial charge on any atom is 0.407 e. The molecule has 40 heavy (non-hydrogen) atoms. The van der Waals surface area contributed by atoms with Gasteiger partial charge in [-0.15, -0.1) is 0 Å². The van der Waals surface area contributed by atoms with Crippen LogP contribution in [0.1, 0.15) is 36.4 Å². The Morgan fingerprint density at radius 3 is 2.50 bits per heavy atom. The number of carbonyl (C=O) groups is 1. The van der Waals surface area contributed by atoms with E-state index in [0.717, 1.165) is 12.3 Å². The number of hydrogen-bond acceptors (Lipinski definition) is 6. The first-order valence-corrected chi connectivity index (χ1v) is 12.1. The minimum absolute atomic E-state index is 0.158. The molecule has 0 bridgehead atoms. The number of piperidine rings is 1. The number of H-pyrrole nitrogens is 1. The predicted octanol–water partition coefficient (Wildman–Crippen LogP) is 4.72. The van der Waals surface area contributed by atoms with Gasteiger partial charge in [0.05, 0.1) is 18.2 Å². The molecule has 4 N–H and O–H groups in total. The molecule has 0 saturated carbocycles. The molecule has 4 rings (SSSR count). The third kappa shape index (κ3) is 6.62. The van der Waals surface area contributed by atoms with E-state index in [0.29, 0.717) is 11.5 Å². The standard InChI is InChI=1S/C26H25F6N5O3/c1-14(23(38)36-21-7-6-18(12-34-21)40-17-4-2-16(27)3-5-17)37-9-8-25(28,29)20(13-37)15-10-19(24(39)35-11-15)22(33)26(30,31)32/h2-7,10-12,14,20,22H,8-9,13,33H2,1H3,(H,35,39)(H,34,36,38)/t14?,20-,22+/m1/s1. The van der Waals surface area contributed by atoms with Crippen LogP contribution in [-0.2, 0) is 4.79 Å². The second-order valence-electron chi connectivity index (χ2n) is 9.40. The molecule has 1 aromatic carbocycles. The van der Waals surface area contributed by atoms with Crippen molar-refractivity contribution < 1.29 is 35.9 Å². The third-order valence-corrected chi connectivity index (χ3v) is 6.67. The van der Waals surface area contributed by atoms with E-state index < -0.39 is 59.4 Å². The maximum absolute atomic E-state index is 14.9. The van der Waals surface area contributed by atoms with Crippen LogP contribution < -0.4 is 21.3 Å². The number of amides is 1. The Bertz CT molecular complexity index is 1400. The first kappa shape index (κ1) is 29.1. The molecule has 214 valence electrons. The number of halogens is 6. The fraction of sp³-hybridized carbons (Fsp3) is 0.346. The van der Waals surface area contributed by atoms with Crippen molar-refractivity contribution in [2.45, 2.75) is 43.4 Å². The summed E-state index contributed by atoms with van der Waals surface area (Å²) in [7, 11) is 0. The molecular formula is C26H25F6N5O3. The van der Waals surface area contributed by atoms with Gasteiger partial charge < -0.3 is 20.8 Å². The molecule has 3 aromatic rings. The monoisotopic (exact) mass is 569 g/mol. The summed E-state index contributed by atoms with van der Waals surface area (Å²) in [5, 5.41) is 2.59. The zero-order valence-electron chi connectivity index (χ0n) is 21.0. The van der Waals surface area contributed by atoms with E-state index in [2.05, 4.69) is 15.3 Å². The van der Waals surface area contributed by atoms with Crippen LogP contribution in [0.25, 0.3) is 0 Å². The number of hydrogen-bond donors (Lipinski definition) is 3. The summed E-state index contributed by atoms with van der Waals surface area (Å²) in [6.45, 7) is 0.972. The van der Waals surface area contributed by atoms with Gasteiger partial charge in [0.15, 0.2) is 0 Å². The fourth-order valence-electron chi connectivity index (χ4n) is 4.30. The van der Waals surface area contributed by atoms with Gasteiger partial charge in [-0.3, -0.25) is 14.5 Å². The lowest BCUT2D eigenvalue weighted by Gasteiger charge is -2.40. The first-order chi connectivity index (χ1) is 18.7. The van der Waals surface area contributed by atoms with Crippen LogP contribution in [0.4, 0.5) is 32.2 Å². The third-order valence-electron chi connectivity index (χ3n) is 6.67. The van der Waals surface area contributed by atoms with Crippen molar-refractivity contribution in [3.05, 3.63) is 82.2 Å². The number of carbonyl (C=O) groups excluding carboxylic acids is 1. The Morgan fingerprint density at radius 2 is 1.88 bits per heavy atom. The van der Waals surface area contributed by atoms with Gasteiger partial charge in [-0.2, -0.15) is 13.2 Å². The molecule has 0 aliphatic carbocycles. The lowest BCUT2D eigenvalue weighted by molar-refractivity contribution is -0.149. The van der Waals surface area contributed by atoms with Crippen molar-refractivity contribution in [3.8, 4) is 11.5 Å². The highest BCUT2D eigenvalue weighted by Crippen LogP contribution is 2.41. The zero-order valence-corrected chi connectivity index (χ0v) is 21.0. The number of benzene rings is 1. The predicted molar refractivity (Wildman–Crippen MR) is 133 cm³/mol. The lowest BCUT2D eigenvalue weighted by atomic mass is 9.86. The van der Waals surface area contributed by atoms with Crippen LogP contribution in [0, 0.1) is 5.82 Å². The summed E-state index contributed by atoms with van der Waals surface area (Å²) in [6.07, 6.45) is -3.33. The van der Waals surface area contributed by atoms with Gasteiger partial charge in [0.1, 0.15) is 29.2 Å². The molecule has 1 unspecified atom stereocenters. The van der Waals surface area contributed by atoms with Gasteiger partial charge in [0.25, 0.3) is 11.5 Å². The molecule has 2 aromatic heterocycles. The first-order valence-electron chi connectivity index (χ1n) is 12.1. The molecule has 14 heteroatoms. The van der Waals surface area contributed by atoms with Crippen molar-refractivity contribution in [3.63, 3.8) is 0 Å². The molecule has 0 radical (unpaired) electrons. The van der Waals surface area contributed by atoms with E-state index in [-0.39, 0.29) is 24.5 Å². The van der Waals surface area contributed by atoms with Gasteiger partial charge >= 0.3 is 6.18 Å². The molecule has 1 fully saturated rings. The highest BCUT2D eigenvalue weighted by atomic mass is 19.4. The number of ether oxygens (including phenoxy) is 1. The number of nitrogens with one attached hydrogen (secondary N) is 2. The molecule has 3 heterocycles. The lowest BCUT2D eigenvalue weighted by Crippen LogP contribution is -2.52. The van der Waals surface area contributed by atoms with Crippen LogP contribution in [0.15, 0.2) is 59.7 Å². The van der Waals surface area contributed by atoms with Crippen molar-refractivity contribution >= 4 is 11.7 Å². The summed E-state index contributed by atoms with van der Waals surface area (Å²) in [6, 6.07) is 5.51. The van der Waals surface area contributed by atoms with Crippen LogP contribution in [0.5, 0.6) is 11.5 Å². The summed E-state index contributed by atoms with van der Waals surface area (Å²) in [5.74, 6) is -5.03. The molecule has 3 atom stereocenters. The topological polar surface area (TPSA) is 113 Å². The smallest absolute Gasteiger partial charge is 0.407 e. The van der Waals surface area contributed by atoms with Crippen LogP contribution in [0.2, 0.25) is 0 Å². The number of alkyl halides is 5. The minimum Gasteiger partial charge on any atom is -0.456 e. The van der Waals surface area contributed by atoms with E-state index in [9.17, 15) is 35.9 Å². The van der Waals surface area contributed by atoms with Gasteiger partial charge in [-0.25, -0.2) is 18.2 Å². The number of nitrogens with two attached hydrogens (primary N) is 1. The molecule has 8 nitrogen and oxygen atoms in total. The Hall–Kier alpha value is -3.91. The fourth-order valence-corrected chi connectivity index (χ4v) is 4.30. The van der Waals surface area contributed by atoms with Crippen molar-refractivity contribution in [1.29, 1.82) is 0 Å². The number of aromatic nitrogens is 2. The largest absolute Gasteiger partial charge is 0.456 e. The Morgan fingerprint density at radius 1 is 1.20 bits per heavy atom. The highest BCUT2D eigenvalue weighted by molar-refractivity contribution is 5.93. The average Bonchev–Trinajstić information content (AvgIpc) is 2.90. The summed E-state index contributed by atoms with van der Waals surface area (Å²) in [5.41, 5.74) is 2.93. The number of nitrogens with zero attached hydrogens (tertiary/aromatic N) is 2. The zero-order chi connectivity index (χ0) is 29.2. The van der Waals surface area contributed by atoms with Crippen molar-refractivity contribution in [1.82, 2.24) is 14.9 Å². The number of anilines is 1. The van der Waals surface area contributed by atoms with E-state index >= 15 is 0 Å². The molecular weight excluding hydrogens is 544 g/mol. The van der Waals surface area contributed by atoms with Crippen LogP contribution in [-0.4, -0.2) is 52.0 Å². The summed E-state index contributed by atoms with van der Waals surface area (Å²) >= 11 is 0. The normalized spacial score (nSPS) is 19.1. The molecule has 1 aliphatic rings. The van der Waals surface area contributed by atoms with E-state index in [1.165, 1.54) is 54.4 Å². The quantitative estimate of drug-likeness (QED) is 0.355. The van der Waals surface area contributed by atoms with Crippen LogP contribution >= 0.6 is 0 Å². The maximum atomic E-state index is 14.9. The Labute approximate surface area is 224 Å². The number of pyridine rings is 2. The van der Waals surface area contributed by atoms with Gasteiger partial charge in [0.2, 0.25) is 5.91 Å².